The fraction of sp³-hybridized carbons (Fsp3) is 0.318. The molecule has 3 aromatic heterocycles. The first-order valence-corrected chi connectivity index (χ1v) is 10.7. The van der Waals surface area contributed by atoms with Gasteiger partial charge in [-0.2, -0.15) is 0 Å². The van der Waals surface area contributed by atoms with Crippen LogP contribution in [0, 0.1) is 0 Å². The van der Waals surface area contributed by atoms with Crippen LogP contribution in [0.25, 0.3) is 0 Å². The standard InChI is InChI=1S/C22H25N5OS/c1-2-15-5-6-17(25-10-15)12-27-9-7-18-19(14-29-20(18)13-27)22(28)26-11-16-4-3-8-24-21(16)23/h3-6,8,10,14H,2,7,9,11-13H2,1H3,(H2,23,24)(H,26,28). The zero-order valence-electron chi connectivity index (χ0n) is 16.5. The molecule has 3 aromatic rings. The first-order chi connectivity index (χ1) is 14.1. The van der Waals surface area contributed by atoms with Gasteiger partial charge in [0.25, 0.3) is 5.91 Å². The van der Waals surface area contributed by atoms with Gasteiger partial charge in [0.05, 0.1) is 11.3 Å². The van der Waals surface area contributed by atoms with Crippen LogP contribution in [0.3, 0.4) is 0 Å². The van der Waals surface area contributed by atoms with E-state index in [2.05, 4.69) is 39.2 Å². The van der Waals surface area contributed by atoms with E-state index in [9.17, 15) is 4.79 Å². The number of rotatable bonds is 6. The number of nitrogens with zero attached hydrogens (tertiary/aromatic N) is 3. The van der Waals surface area contributed by atoms with Crippen molar-refractivity contribution in [1.29, 1.82) is 0 Å². The molecule has 4 rings (SSSR count). The monoisotopic (exact) mass is 407 g/mol. The molecule has 0 saturated carbocycles. The lowest BCUT2D eigenvalue weighted by atomic mass is 10.0. The van der Waals surface area contributed by atoms with Gasteiger partial charge in [-0.3, -0.25) is 14.7 Å². The minimum Gasteiger partial charge on any atom is -0.383 e. The molecule has 0 radical (unpaired) electrons. The van der Waals surface area contributed by atoms with Crippen LogP contribution in [0.2, 0.25) is 0 Å². The van der Waals surface area contributed by atoms with Crippen LogP contribution < -0.4 is 11.1 Å². The van der Waals surface area contributed by atoms with Crippen molar-refractivity contribution < 1.29 is 4.79 Å². The number of hydrogen-bond acceptors (Lipinski definition) is 6. The molecule has 0 fully saturated rings. The Kier molecular flexibility index (Phi) is 5.87. The minimum atomic E-state index is -0.0453. The maximum atomic E-state index is 12.7. The number of pyridine rings is 2. The maximum Gasteiger partial charge on any atom is 0.252 e. The van der Waals surface area contributed by atoms with Gasteiger partial charge < -0.3 is 11.1 Å². The van der Waals surface area contributed by atoms with Crippen molar-refractivity contribution in [3.8, 4) is 0 Å². The summed E-state index contributed by atoms with van der Waals surface area (Å²) in [7, 11) is 0. The van der Waals surface area contributed by atoms with Crippen molar-refractivity contribution in [2.45, 2.75) is 39.4 Å². The SMILES string of the molecule is CCc1ccc(CN2CCc3c(C(=O)NCc4cccnc4N)csc3C2)nc1. The number of anilines is 1. The highest BCUT2D eigenvalue weighted by molar-refractivity contribution is 7.10. The Labute approximate surface area is 174 Å². The Hall–Kier alpha value is -2.77. The van der Waals surface area contributed by atoms with Crippen molar-refractivity contribution in [3.63, 3.8) is 0 Å². The Morgan fingerprint density at radius 2 is 2.21 bits per heavy atom. The predicted octanol–water partition coefficient (Wildman–Crippen LogP) is 3.17. The molecule has 0 aliphatic carbocycles. The third-order valence-electron chi connectivity index (χ3n) is 5.32. The summed E-state index contributed by atoms with van der Waals surface area (Å²) in [6, 6.07) is 7.97. The Morgan fingerprint density at radius 1 is 1.31 bits per heavy atom. The topological polar surface area (TPSA) is 84.1 Å². The Bertz CT molecular complexity index is 999. The zero-order chi connectivity index (χ0) is 20.2. The predicted molar refractivity (Wildman–Crippen MR) is 116 cm³/mol. The Balaban J connectivity index is 1.38. The molecule has 29 heavy (non-hydrogen) atoms. The molecule has 1 aliphatic heterocycles. The fourth-order valence-corrected chi connectivity index (χ4v) is 4.69. The third-order valence-corrected chi connectivity index (χ3v) is 6.33. The number of amides is 1. The zero-order valence-corrected chi connectivity index (χ0v) is 17.3. The van der Waals surface area contributed by atoms with Gasteiger partial charge in [-0.1, -0.05) is 19.1 Å². The molecule has 6 nitrogen and oxygen atoms in total. The van der Waals surface area contributed by atoms with Crippen molar-refractivity contribution in [1.82, 2.24) is 20.2 Å². The lowest BCUT2D eigenvalue weighted by Crippen LogP contribution is -2.31. The molecule has 0 aromatic carbocycles. The highest BCUT2D eigenvalue weighted by atomic mass is 32.1. The highest BCUT2D eigenvalue weighted by Gasteiger charge is 2.24. The van der Waals surface area contributed by atoms with Gasteiger partial charge in [-0.15, -0.1) is 11.3 Å². The van der Waals surface area contributed by atoms with E-state index in [1.165, 1.54) is 16.0 Å². The van der Waals surface area contributed by atoms with Crippen LogP contribution in [0.4, 0.5) is 5.82 Å². The summed E-state index contributed by atoms with van der Waals surface area (Å²) in [5.41, 5.74) is 11.0. The molecule has 0 spiro atoms. The van der Waals surface area contributed by atoms with Gasteiger partial charge in [0, 0.05) is 54.4 Å². The minimum absolute atomic E-state index is 0.0453. The molecule has 0 atom stereocenters. The molecule has 4 heterocycles. The molecule has 1 aliphatic rings. The summed E-state index contributed by atoms with van der Waals surface area (Å²) < 4.78 is 0. The number of carbonyl (C=O) groups is 1. The molecule has 0 unspecified atom stereocenters. The number of hydrogen-bond donors (Lipinski definition) is 2. The second-order valence-electron chi connectivity index (χ2n) is 7.25. The van der Waals surface area contributed by atoms with Crippen LogP contribution in [0.1, 0.15) is 44.5 Å². The molecule has 7 heteroatoms. The first-order valence-electron chi connectivity index (χ1n) is 9.87. The molecule has 150 valence electrons. The largest absolute Gasteiger partial charge is 0.383 e. The number of fused-ring (bicyclic) bond motifs is 1. The van der Waals surface area contributed by atoms with Gasteiger partial charge >= 0.3 is 0 Å². The Morgan fingerprint density at radius 3 is 2.97 bits per heavy atom. The normalized spacial score (nSPS) is 13.8. The second kappa shape index (κ2) is 8.71. The summed E-state index contributed by atoms with van der Waals surface area (Å²) >= 11 is 1.67. The average molecular weight is 408 g/mol. The molecule has 0 saturated heterocycles. The first kappa shape index (κ1) is 19.5. The fourth-order valence-electron chi connectivity index (χ4n) is 3.56. The molecule has 1 amide bonds. The third kappa shape index (κ3) is 4.46. The van der Waals surface area contributed by atoms with E-state index in [1.807, 2.05) is 23.7 Å². The second-order valence-corrected chi connectivity index (χ2v) is 8.22. The maximum absolute atomic E-state index is 12.7. The lowest BCUT2D eigenvalue weighted by Gasteiger charge is -2.27. The van der Waals surface area contributed by atoms with Crippen molar-refractivity contribution >= 4 is 23.1 Å². The van der Waals surface area contributed by atoms with E-state index in [4.69, 9.17) is 5.73 Å². The number of nitrogen functional groups attached to an aromatic ring is 1. The van der Waals surface area contributed by atoms with E-state index < -0.39 is 0 Å². The van der Waals surface area contributed by atoms with Gasteiger partial charge in [0.2, 0.25) is 0 Å². The summed E-state index contributed by atoms with van der Waals surface area (Å²) in [5.74, 6) is 0.410. The summed E-state index contributed by atoms with van der Waals surface area (Å²) in [5, 5.41) is 4.95. The van der Waals surface area contributed by atoms with Crippen molar-refractivity contribution in [2.75, 3.05) is 12.3 Å². The van der Waals surface area contributed by atoms with E-state index >= 15 is 0 Å². The average Bonchev–Trinajstić information content (AvgIpc) is 3.17. The van der Waals surface area contributed by atoms with Crippen molar-refractivity contribution in [3.05, 3.63) is 74.9 Å². The summed E-state index contributed by atoms with van der Waals surface area (Å²) in [6.45, 7) is 5.15. The quantitative estimate of drug-likeness (QED) is 0.656. The molecule has 3 N–H and O–H groups in total. The molecular formula is C22H25N5OS. The van der Waals surface area contributed by atoms with E-state index in [-0.39, 0.29) is 5.91 Å². The molecular weight excluding hydrogens is 382 g/mol. The van der Waals surface area contributed by atoms with Crippen LogP contribution in [-0.4, -0.2) is 27.3 Å². The number of aromatic nitrogens is 2. The van der Waals surface area contributed by atoms with E-state index in [0.717, 1.165) is 49.3 Å². The van der Waals surface area contributed by atoms with Gasteiger partial charge in [0.1, 0.15) is 5.82 Å². The van der Waals surface area contributed by atoms with Crippen LogP contribution in [0.15, 0.2) is 42.0 Å². The van der Waals surface area contributed by atoms with E-state index in [1.54, 1.807) is 17.5 Å². The number of aryl methyl sites for hydroxylation is 1. The number of carbonyl (C=O) groups excluding carboxylic acids is 1. The smallest absolute Gasteiger partial charge is 0.252 e. The molecule has 0 bridgehead atoms. The van der Waals surface area contributed by atoms with Crippen LogP contribution >= 0.6 is 11.3 Å². The van der Waals surface area contributed by atoms with Crippen LogP contribution in [-0.2, 0) is 32.5 Å². The lowest BCUT2D eigenvalue weighted by molar-refractivity contribution is 0.0949. The highest BCUT2D eigenvalue weighted by Crippen LogP contribution is 2.29. The summed E-state index contributed by atoms with van der Waals surface area (Å²) in [6.07, 6.45) is 5.50. The number of thiophene rings is 1. The van der Waals surface area contributed by atoms with Gasteiger partial charge in [0.15, 0.2) is 0 Å². The summed E-state index contributed by atoms with van der Waals surface area (Å²) in [4.78, 5) is 25.0. The van der Waals surface area contributed by atoms with Crippen LogP contribution in [0.5, 0.6) is 0 Å². The number of nitrogens with one attached hydrogen (secondary N) is 1. The van der Waals surface area contributed by atoms with E-state index in [0.29, 0.717) is 12.4 Å². The van der Waals surface area contributed by atoms with Crippen molar-refractivity contribution in [2.24, 2.45) is 0 Å². The number of nitrogens with two attached hydrogens (primary N) is 1. The van der Waals surface area contributed by atoms with Gasteiger partial charge in [-0.05, 0) is 36.1 Å². The van der Waals surface area contributed by atoms with Gasteiger partial charge in [-0.25, -0.2) is 4.98 Å².